The summed E-state index contributed by atoms with van der Waals surface area (Å²) in [6.45, 7) is 8.09. The highest BCUT2D eigenvalue weighted by Crippen LogP contribution is 2.23. The van der Waals surface area contributed by atoms with Crippen molar-refractivity contribution in [2.24, 2.45) is 0 Å². The topological polar surface area (TPSA) is 35.5 Å². The van der Waals surface area contributed by atoms with Crippen molar-refractivity contribution >= 4 is 12.0 Å². The van der Waals surface area contributed by atoms with Gasteiger partial charge in [-0.2, -0.15) is 0 Å². The zero-order valence-corrected chi connectivity index (χ0v) is 13.3. The van der Waals surface area contributed by atoms with Crippen molar-refractivity contribution in [3.63, 3.8) is 0 Å². The molecule has 0 atom stereocenters. The van der Waals surface area contributed by atoms with Crippen LogP contribution < -0.4 is 4.74 Å². The van der Waals surface area contributed by atoms with E-state index in [9.17, 15) is 4.79 Å². The molecule has 0 aliphatic heterocycles. The van der Waals surface area contributed by atoms with E-state index in [4.69, 9.17) is 9.47 Å². The van der Waals surface area contributed by atoms with E-state index in [-0.39, 0.29) is 0 Å². The maximum atomic E-state index is 11.8. The van der Waals surface area contributed by atoms with Crippen molar-refractivity contribution in [1.82, 2.24) is 0 Å². The molecular weight excluding hydrogens is 276 g/mol. The van der Waals surface area contributed by atoms with E-state index in [2.05, 4.69) is 6.58 Å². The van der Waals surface area contributed by atoms with Crippen LogP contribution in [-0.2, 0) is 11.3 Å². The highest BCUT2D eigenvalue weighted by atomic mass is 16.5. The Labute approximate surface area is 132 Å². The lowest BCUT2D eigenvalue weighted by Gasteiger charge is -2.11. The molecule has 0 amide bonds. The highest BCUT2D eigenvalue weighted by molar-refractivity contribution is 5.93. The second kappa shape index (κ2) is 9.40. The predicted octanol–water partition coefficient (Wildman–Crippen LogP) is 4.72. The first-order chi connectivity index (χ1) is 10.7. The summed E-state index contributed by atoms with van der Waals surface area (Å²) in [7, 11) is 1.35. The molecule has 0 bridgehead atoms. The molecule has 3 heteroatoms. The van der Waals surface area contributed by atoms with Crippen molar-refractivity contribution < 1.29 is 14.3 Å². The molecule has 2 aromatic rings. The molecule has 0 saturated heterocycles. The molecule has 0 N–H and O–H groups in total. The third kappa shape index (κ3) is 4.77. The van der Waals surface area contributed by atoms with Crippen LogP contribution in [0.15, 0.2) is 55.1 Å². The van der Waals surface area contributed by atoms with Crippen LogP contribution in [0.5, 0.6) is 5.75 Å². The summed E-state index contributed by atoms with van der Waals surface area (Å²) >= 11 is 0. The lowest BCUT2D eigenvalue weighted by Crippen LogP contribution is -2.06. The second-order valence-electron chi connectivity index (χ2n) is 4.23. The predicted molar refractivity (Wildman–Crippen MR) is 90.0 cm³/mol. The summed E-state index contributed by atoms with van der Waals surface area (Å²) in [6.07, 6.45) is 1.67. The van der Waals surface area contributed by atoms with Gasteiger partial charge in [0.15, 0.2) is 0 Å². The van der Waals surface area contributed by atoms with Crippen molar-refractivity contribution in [2.45, 2.75) is 20.5 Å². The van der Waals surface area contributed by atoms with Gasteiger partial charge in [-0.05, 0) is 23.3 Å². The minimum atomic E-state index is -0.420. The van der Waals surface area contributed by atoms with E-state index in [1.807, 2.05) is 50.2 Å². The van der Waals surface area contributed by atoms with Crippen LogP contribution >= 0.6 is 0 Å². The Bertz CT molecular complexity index is 603. The average molecular weight is 298 g/mol. The van der Waals surface area contributed by atoms with Crippen LogP contribution in [0.4, 0.5) is 0 Å². The molecule has 0 spiro atoms. The summed E-state index contributed by atoms with van der Waals surface area (Å²) < 4.78 is 10.5. The number of methoxy groups -OCH3 is 1. The average Bonchev–Trinajstić information content (AvgIpc) is 2.61. The fourth-order valence-electron chi connectivity index (χ4n) is 1.81. The van der Waals surface area contributed by atoms with Crippen molar-refractivity contribution in [1.29, 1.82) is 0 Å². The zero-order valence-electron chi connectivity index (χ0n) is 13.3. The Hall–Kier alpha value is -2.55. The Kier molecular flexibility index (Phi) is 7.48. The molecule has 2 rings (SSSR count). The van der Waals surface area contributed by atoms with Gasteiger partial charge in [-0.25, -0.2) is 4.79 Å². The van der Waals surface area contributed by atoms with Gasteiger partial charge < -0.3 is 9.47 Å². The SMILES string of the molecule is C=Cc1ccc(OCc2ccccc2)c(C(=O)OC)c1.CC. The molecule has 0 saturated carbocycles. The molecule has 0 aliphatic carbocycles. The monoisotopic (exact) mass is 298 g/mol. The number of hydrogen-bond acceptors (Lipinski definition) is 3. The Balaban J connectivity index is 0.00000116. The molecule has 0 heterocycles. The number of esters is 1. The van der Waals surface area contributed by atoms with E-state index >= 15 is 0 Å². The molecule has 0 unspecified atom stereocenters. The first-order valence-electron chi connectivity index (χ1n) is 7.26. The number of rotatable bonds is 5. The standard InChI is InChI=1S/C17H16O3.C2H6/c1-3-13-9-10-16(15(11-13)17(18)19-2)20-12-14-7-5-4-6-8-14;1-2/h3-11H,1,12H2,2H3;1-2H3. The quantitative estimate of drug-likeness (QED) is 0.749. The van der Waals surface area contributed by atoms with Crippen LogP contribution in [0, 0.1) is 0 Å². The van der Waals surface area contributed by atoms with Gasteiger partial charge in [-0.3, -0.25) is 0 Å². The fraction of sp³-hybridized carbons (Fsp3) is 0.211. The number of carbonyl (C=O) groups is 1. The van der Waals surface area contributed by atoms with Crippen molar-refractivity contribution in [3.8, 4) is 5.75 Å². The third-order valence-corrected chi connectivity index (χ3v) is 2.88. The van der Waals surface area contributed by atoms with Gasteiger partial charge in [0, 0.05) is 0 Å². The minimum Gasteiger partial charge on any atom is -0.488 e. The van der Waals surface area contributed by atoms with Gasteiger partial charge >= 0.3 is 5.97 Å². The number of ether oxygens (including phenoxy) is 2. The fourth-order valence-corrected chi connectivity index (χ4v) is 1.81. The van der Waals surface area contributed by atoms with E-state index in [1.54, 1.807) is 18.2 Å². The largest absolute Gasteiger partial charge is 0.488 e. The van der Waals surface area contributed by atoms with Crippen LogP contribution in [0.1, 0.15) is 35.3 Å². The summed E-state index contributed by atoms with van der Waals surface area (Å²) in [4.78, 5) is 11.8. The first kappa shape index (κ1) is 17.5. The smallest absolute Gasteiger partial charge is 0.341 e. The molecule has 2 aromatic carbocycles. The van der Waals surface area contributed by atoms with Crippen LogP contribution in [-0.4, -0.2) is 13.1 Å². The lowest BCUT2D eigenvalue weighted by atomic mass is 10.1. The van der Waals surface area contributed by atoms with Gasteiger partial charge in [0.1, 0.15) is 17.9 Å². The Morgan fingerprint density at radius 3 is 2.41 bits per heavy atom. The van der Waals surface area contributed by atoms with Crippen LogP contribution in [0.25, 0.3) is 6.08 Å². The number of benzene rings is 2. The van der Waals surface area contributed by atoms with E-state index in [0.29, 0.717) is 17.9 Å². The third-order valence-electron chi connectivity index (χ3n) is 2.88. The normalized spacial score (nSPS) is 9.23. The van der Waals surface area contributed by atoms with E-state index in [1.165, 1.54) is 7.11 Å². The molecular formula is C19H22O3. The molecule has 3 nitrogen and oxygen atoms in total. The van der Waals surface area contributed by atoms with E-state index < -0.39 is 5.97 Å². The molecule has 0 aliphatic rings. The summed E-state index contributed by atoms with van der Waals surface area (Å²) in [6, 6.07) is 15.1. The number of hydrogen-bond donors (Lipinski definition) is 0. The molecule has 0 radical (unpaired) electrons. The highest BCUT2D eigenvalue weighted by Gasteiger charge is 2.13. The molecule has 0 fully saturated rings. The summed E-state index contributed by atoms with van der Waals surface area (Å²) in [5.41, 5.74) is 2.29. The lowest BCUT2D eigenvalue weighted by molar-refractivity contribution is 0.0595. The van der Waals surface area contributed by atoms with Crippen LogP contribution in [0.3, 0.4) is 0 Å². The second-order valence-corrected chi connectivity index (χ2v) is 4.23. The van der Waals surface area contributed by atoms with Gasteiger partial charge in [-0.1, -0.05) is 62.9 Å². The van der Waals surface area contributed by atoms with Crippen molar-refractivity contribution in [3.05, 3.63) is 71.8 Å². The molecule has 116 valence electrons. The maximum Gasteiger partial charge on any atom is 0.341 e. The summed E-state index contributed by atoms with van der Waals surface area (Å²) in [5.74, 6) is 0.0862. The number of carbonyl (C=O) groups excluding carboxylic acids is 1. The molecule has 0 aromatic heterocycles. The Morgan fingerprint density at radius 1 is 1.14 bits per heavy atom. The van der Waals surface area contributed by atoms with Gasteiger partial charge in [0.05, 0.1) is 7.11 Å². The minimum absolute atomic E-state index is 0.401. The molecule has 22 heavy (non-hydrogen) atoms. The van der Waals surface area contributed by atoms with Crippen LogP contribution in [0.2, 0.25) is 0 Å². The van der Waals surface area contributed by atoms with E-state index in [0.717, 1.165) is 11.1 Å². The Morgan fingerprint density at radius 2 is 1.82 bits per heavy atom. The van der Waals surface area contributed by atoms with Gasteiger partial charge in [-0.15, -0.1) is 0 Å². The maximum absolute atomic E-state index is 11.8. The van der Waals surface area contributed by atoms with Gasteiger partial charge in [0.2, 0.25) is 0 Å². The first-order valence-corrected chi connectivity index (χ1v) is 7.26. The van der Waals surface area contributed by atoms with Gasteiger partial charge in [0.25, 0.3) is 0 Å². The van der Waals surface area contributed by atoms with Crippen molar-refractivity contribution in [2.75, 3.05) is 7.11 Å². The summed E-state index contributed by atoms with van der Waals surface area (Å²) in [5, 5.41) is 0. The zero-order chi connectivity index (χ0) is 16.4.